The van der Waals surface area contributed by atoms with Crippen molar-refractivity contribution in [2.75, 3.05) is 0 Å². The van der Waals surface area contributed by atoms with Gasteiger partial charge in [-0.05, 0) is 65.3 Å². The molecule has 6 rings (SSSR count). The zero-order valence-corrected chi connectivity index (χ0v) is 28.6. The molecule has 5 heteroatoms. The number of hydrogen-bond acceptors (Lipinski definition) is 3. The molecule has 0 amide bonds. The van der Waals surface area contributed by atoms with E-state index < -0.39 is 0 Å². The third-order valence-electron chi connectivity index (χ3n) is 8.01. The second-order valence-corrected chi connectivity index (χ2v) is 13.4. The molecule has 0 bridgehead atoms. The molecule has 0 aliphatic carbocycles. The van der Waals surface area contributed by atoms with Gasteiger partial charge in [0, 0.05) is 38.6 Å². The predicted octanol–water partition coefficient (Wildman–Crippen LogP) is 9.83. The summed E-state index contributed by atoms with van der Waals surface area (Å²) in [6.07, 6.45) is 1.84. The fourth-order valence-electron chi connectivity index (χ4n) is 5.49. The molecule has 6 aromatic rings. The number of para-hydroxylation sites is 2. The van der Waals surface area contributed by atoms with Crippen LogP contribution in [0.3, 0.4) is 0 Å². The van der Waals surface area contributed by atoms with Gasteiger partial charge in [-0.1, -0.05) is 94.6 Å². The Morgan fingerprint density at radius 1 is 0.705 bits per heavy atom. The summed E-state index contributed by atoms with van der Waals surface area (Å²) in [4.78, 5) is 9.86. The number of imidazole rings is 1. The van der Waals surface area contributed by atoms with Crippen LogP contribution in [-0.2, 0) is 31.9 Å². The molecule has 0 atom stereocenters. The number of fused-ring (bicyclic) bond motifs is 1. The quantitative estimate of drug-likeness (QED) is 0.182. The molecular weight excluding hydrogens is 722 g/mol. The number of pyridine rings is 1. The van der Waals surface area contributed by atoms with Crippen LogP contribution >= 0.6 is 0 Å². The molecule has 0 spiro atoms. The second kappa shape index (κ2) is 11.8. The number of aryl methyl sites for hydroxylation is 1. The third-order valence-corrected chi connectivity index (χ3v) is 8.01. The van der Waals surface area contributed by atoms with Crippen LogP contribution < -0.4 is 0 Å². The molecule has 0 saturated heterocycles. The van der Waals surface area contributed by atoms with Gasteiger partial charge in [0.25, 0.3) is 0 Å². The topological polar surface area (TPSA) is 50.9 Å². The Morgan fingerprint density at radius 3 is 2.00 bits per heavy atom. The van der Waals surface area contributed by atoms with E-state index in [2.05, 4.69) is 113 Å². The molecule has 0 aliphatic heterocycles. The second-order valence-electron chi connectivity index (χ2n) is 13.4. The van der Waals surface area contributed by atoms with Crippen LogP contribution in [0.4, 0.5) is 0 Å². The summed E-state index contributed by atoms with van der Waals surface area (Å²) in [5.41, 5.74) is 10.8. The first-order valence-electron chi connectivity index (χ1n) is 14.8. The first-order chi connectivity index (χ1) is 20.4. The number of hydrogen-bond donors (Lipinski definition) is 1. The van der Waals surface area contributed by atoms with E-state index in [1.54, 1.807) is 6.07 Å². The van der Waals surface area contributed by atoms with Crippen molar-refractivity contribution < 1.29 is 26.2 Å². The summed E-state index contributed by atoms with van der Waals surface area (Å²) in [5, 5.41) is 11.0. The van der Waals surface area contributed by atoms with Crippen molar-refractivity contribution in [3.8, 4) is 45.2 Å². The van der Waals surface area contributed by atoms with Crippen molar-refractivity contribution in [1.29, 1.82) is 0 Å². The Kier molecular flexibility index (Phi) is 8.44. The van der Waals surface area contributed by atoms with Gasteiger partial charge in [-0.15, -0.1) is 29.8 Å². The minimum Gasteiger partial charge on any atom is -0.507 e. The SMILES string of the molecule is Cc1ccnc(-c2[c-]c(-c3cccc4c3nc(-c3ccccc3O)n4-c3cc(C(C)(C)C)cc(C(C)(C)C)c3)ccc2)c1.[Pt]. The summed E-state index contributed by atoms with van der Waals surface area (Å²) in [6, 6.07) is 34.4. The normalized spacial score (nSPS) is 11.9. The number of nitrogens with zero attached hydrogens (tertiary/aromatic N) is 3. The third kappa shape index (κ3) is 6.01. The van der Waals surface area contributed by atoms with Gasteiger partial charge in [-0.2, -0.15) is 0 Å². The zero-order valence-electron chi connectivity index (χ0n) is 26.3. The van der Waals surface area contributed by atoms with Crippen molar-refractivity contribution in [3.63, 3.8) is 0 Å². The fraction of sp³-hybridized carbons (Fsp3) is 0.231. The van der Waals surface area contributed by atoms with Crippen LogP contribution in [0.2, 0.25) is 0 Å². The Hall–Kier alpha value is -4.01. The Morgan fingerprint density at radius 2 is 1.34 bits per heavy atom. The van der Waals surface area contributed by atoms with Gasteiger partial charge >= 0.3 is 0 Å². The van der Waals surface area contributed by atoms with Gasteiger partial charge in [0.15, 0.2) is 0 Å². The molecule has 0 fully saturated rings. The van der Waals surface area contributed by atoms with E-state index in [9.17, 15) is 5.11 Å². The Bertz CT molecular complexity index is 1940. The first-order valence-corrected chi connectivity index (χ1v) is 14.8. The standard InChI is InChI=1S/C39H38N3O.Pt/c1-25-18-19-40-33(20-25)27-13-10-12-26(21-27)31-15-11-16-34-36(31)41-37(32-14-8-9-17-35(32)43)42(34)30-23-28(38(2,3)4)22-29(24-30)39(5,6)7;/h8-20,22-24,43H,1-7H3;/q-1;. The molecule has 226 valence electrons. The molecule has 4 nitrogen and oxygen atoms in total. The number of benzene rings is 4. The number of phenolic OH excluding ortho intramolecular Hbond substituents is 1. The number of rotatable bonds is 4. The van der Waals surface area contributed by atoms with E-state index >= 15 is 0 Å². The van der Waals surface area contributed by atoms with Gasteiger partial charge in [0.1, 0.15) is 11.6 Å². The molecule has 44 heavy (non-hydrogen) atoms. The molecule has 0 radical (unpaired) electrons. The van der Waals surface area contributed by atoms with Crippen LogP contribution in [-0.4, -0.2) is 19.6 Å². The molecule has 0 unspecified atom stereocenters. The van der Waals surface area contributed by atoms with Crippen LogP contribution in [0.25, 0.3) is 50.5 Å². The molecule has 4 aromatic carbocycles. The predicted molar refractivity (Wildman–Crippen MR) is 178 cm³/mol. The van der Waals surface area contributed by atoms with Gasteiger partial charge in [0.2, 0.25) is 0 Å². The van der Waals surface area contributed by atoms with Gasteiger partial charge in [-0.25, -0.2) is 4.98 Å². The van der Waals surface area contributed by atoms with Crippen molar-refractivity contribution in [1.82, 2.24) is 14.5 Å². The van der Waals surface area contributed by atoms with Crippen LogP contribution in [0.1, 0.15) is 58.2 Å². The molecule has 0 saturated carbocycles. The monoisotopic (exact) mass is 759 g/mol. The average Bonchev–Trinajstić information content (AvgIpc) is 3.36. The van der Waals surface area contributed by atoms with E-state index in [4.69, 9.17) is 4.98 Å². The maximum absolute atomic E-state index is 11.0. The Balaban J connectivity index is 0.00000384. The van der Waals surface area contributed by atoms with Crippen molar-refractivity contribution in [2.24, 2.45) is 0 Å². The van der Waals surface area contributed by atoms with E-state index in [-0.39, 0.29) is 37.6 Å². The molecule has 2 aromatic heterocycles. The fourth-order valence-corrected chi connectivity index (χ4v) is 5.49. The van der Waals surface area contributed by atoms with E-state index in [1.165, 1.54) is 11.1 Å². The van der Waals surface area contributed by atoms with Crippen molar-refractivity contribution >= 4 is 11.0 Å². The van der Waals surface area contributed by atoms with Gasteiger partial charge in [0.05, 0.1) is 16.6 Å². The van der Waals surface area contributed by atoms with E-state index in [0.717, 1.165) is 44.7 Å². The summed E-state index contributed by atoms with van der Waals surface area (Å²) in [5.74, 6) is 0.894. The maximum atomic E-state index is 11.0. The van der Waals surface area contributed by atoms with Gasteiger partial charge < -0.3 is 5.11 Å². The Labute approximate surface area is 275 Å². The minimum absolute atomic E-state index is 0. The summed E-state index contributed by atoms with van der Waals surface area (Å²) in [6.45, 7) is 15.6. The smallest absolute Gasteiger partial charge is 0.148 e. The summed E-state index contributed by atoms with van der Waals surface area (Å²) in [7, 11) is 0. The summed E-state index contributed by atoms with van der Waals surface area (Å²) < 4.78 is 2.20. The largest absolute Gasteiger partial charge is 0.507 e. The van der Waals surface area contributed by atoms with Crippen LogP contribution in [0, 0.1) is 13.0 Å². The maximum Gasteiger partial charge on any atom is 0.148 e. The zero-order chi connectivity index (χ0) is 30.5. The molecule has 0 aliphatic rings. The van der Waals surface area contributed by atoms with Crippen LogP contribution in [0.15, 0.2) is 97.2 Å². The van der Waals surface area contributed by atoms with Crippen molar-refractivity contribution in [2.45, 2.75) is 59.3 Å². The number of phenols is 1. The minimum atomic E-state index is -0.0498. The number of aromatic nitrogens is 3. The number of aromatic hydroxyl groups is 1. The van der Waals surface area contributed by atoms with Gasteiger partial charge in [-0.3, -0.25) is 9.55 Å². The molecule has 2 heterocycles. The van der Waals surface area contributed by atoms with E-state index in [0.29, 0.717) is 11.4 Å². The van der Waals surface area contributed by atoms with Crippen molar-refractivity contribution in [3.05, 3.63) is 120 Å². The van der Waals surface area contributed by atoms with Crippen LogP contribution in [0.5, 0.6) is 5.75 Å². The molecule has 1 N–H and O–H groups in total. The first kappa shape index (κ1) is 31.4. The molecular formula is C39H38N3OPt-. The van der Waals surface area contributed by atoms with E-state index in [1.807, 2.05) is 42.6 Å². The average molecular weight is 760 g/mol. The summed E-state index contributed by atoms with van der Waals surface area (Å²) >= 11 is 0.